The zero-order chi connectivity index (χ0) is 16.4. The van der Waals surface area contributed by atoms with Crippen molar-refractivity contribution < 1.29 is 17.9 Å². The number of hydrogen-bond donors (Lipinski definition) is 1. The average Bonchev–Trinajstić information content (AvgIpc) is 2.57. The molecule has 1 amide bonds. The van der Waals surface area contributed by atoms with Gasteiger partial charge in [0.15, 0.2) is 6.61 Å². The summed E-state index contributed by atoms with van der Waals surface area (Å²) in [5, 5.41) is 0. The molecule has 23 heavy (non-hydrogen) atoms. The van der Waals surface area contributed by atoms with Crippen LogP contribution in [0.25, 0.3) is 0 Å². The summed E-state index contributed by atoms with van der Waals surface area (Å²) < 4.78 is 32.6. The summed E-state index contributed by atoms with van der Waals surface area (Å²) in [6, 6.07) is 7.95. The molecule has 2 aromatic rings. The van der Waals surface area contributed by atoms with Crippen LogP contribution in [-0.2, 0) is 21.4 Å². The lowest BCUT2D eigenvalue weighted by Gasteiger charge is -2.26. The van der Waals surface area contributed by atoms with Gasteiger partial charge in [-0.15, -0.1) is 0 Å². The van der Waals surface area contributed by atoms with Gasteiger partial charge in [-0.05, 0) is 29.8 Å². The van der Waals surface area contributed by atoms with Gasteiger partial charge >= 0.3 is 0 Å². The van der Waals surface area contributed by atoms with Crippen molar-refractivity contribution in [3.8, 4) is 5.75 Å². The first-order valence-electron chi connectivity index (χ1n) is 6.89. The third kappa shape index (κ3) is 3.17. The Hall–Kier alpha value is -2.45. The van der Waals surface area contributed by atoms with Gasteiger partial charge in [0.25, 0.3) is 5.91 Å². The number of hydrogen-bond acceptors (Lipinski definition) is 5. The quantitative estimate of drug-likeness (QED) is 0.899. The van der Waals surface area contributed by atoms with Crippen LogP contribution in [0.2, 0.25) is 0 Å². The van der Waals surface area contributed by atoms with E-state index in [0.717, 1.165) is 5.56 Å². The van der Waals surface area contributed by atoms with Crippen LogP contribution in [0.15, 0.2) is 47.6 Å². The zero-order valence-corrected chi connectivity index (χ0v) is 13.2. The molecule has 1 aliphatic heterocycles. The summed E-state index contributed by atoms with van der Waals surface area (Å²) >= 11 is 0. The molecule has 1 aliphatic rings. The SMILES string of the molecule is CN1C(=O)COc2ccc(S(=O)(=O)NCc3cccnc3)cc21. The van der Waals surface area contributed by atoms with E-state index in [-0.39, 0.29) is 24.0 Å². The molecule has 1 N–H and O–H groups in total. The number of nitrogens with one attached hydrogen (secondary N) is 1. The molecule has 7 nitrogen and oxygen atoms in total. The van der Waals surface area contributed by atoms with E-state index < -0.39 is 10.0 Å². The minimum Gasteiger partial charge on any atom is -0.482 e. The molecule has 0 radical (unpaired) electrons. The highest BCUT2D eigenvalue weighted by Gasteiger charge is 2.25. The smallest absolute Gasteiger partial charge is 0.264 e. The number of benzene rings is 1. The molecule has 3 rings (SSSR count). The molecule has 0 atom stereocenters. The summed E-state index contributed by atoms with van der Waals surface area (Å²) in [5.74, 6) is 0.258. The second-order valence-corrected chi connectivity index (χ2v) is 6.82. The number of aromatic nitrogens is 1. The highest BCUT2D eigenvalue weighted by atomic mass is 32.2. The van der Waals surface area contributed by atoms with E-state index in [1.165, 1.54) is 17.0 Å². The van der Waals surface area contributed by atoms with E-state index in [9.17, 15) is 13.2 Å². The Kier molecular flexibility index (Phi) is 4.01. The Balaban J connectivity index is 1.84. The van der Waals surface area contributed by atoms with Crippen molar-refractivity contribution in [2.24, 2.45) is 0 Å². The summed E-state index contributed by atoms with van der Waals surface area (Å²) in [4.78, 5) is 17.1. The number of anilines is 1. The Morgan fingerprint density at radius 1 is 1.35 bits per heavy atom. The highest BCUT2D eigenvalue weighted by molar-refractivity contribution is 7.89. The van der Waals surface area contributed by atoms with E-state index in [1.54, 1.807) is 37.6 Å². The molecule has 0 unspecified atom stereocenters. The Morgan fingerprint density at radius 3 is 2.91 bits per heavy atom. The number of pyridine rings is 1. The first kappa shape index (κ1) is 15.4. The van der Waals surface area contributed by atoms with Crippen LogP contribution in [-0.4, -0.2) is 33.0 Å². The maximum absolute atomic E-state index is 12.4. The van der Waals surface area contributed by atoms with Gasteiger partial charge in [-0.3, -0.25) is 9.78 Å². The number of carbonyl (C=O) groups excluding carboxylic acids is 1. The zero-order valence-electron chi connectivity index (χ0n) is 12.4. The fourth-order valence-corrected chi connectivity index (χ4v) is 3.22. The maximum atomic E-state index is 12.4. The van der Waals surface area contributed by atoms with Gasteiger partial charge in [0.1, 0.15) is 5.75 Å². The van der Waals surface area contributed by atoms with Crippen LogP contribution in [0.4, 0.5) is 5.69 Å². The lowest BCUT2D eigenvalue weighted by Crippen LogP contribution is -2.35. The third-order valence-electron chi connectivity index (χ3n) is 3.52. The molecule has 2 heterocycles. The number of ether oxygens (including phenoxy) is 1. The second-order valence-electron chi connectivity index (χ2n) is 5.06. The first-order chi connectivity index (χ1) is 11.0. The van der Waals surface area contributed by atoms with Crippen molar-refractivity contribution in [2.45, 2.75) is 11.4 Å². The van der Waals surface area contributed by atoms with Crippen molar-refractivity contribution in [1.82, 2.24) is 9.71 Å². The summed E-state index contributed by atoms with van der Waals surface area (Å²) in [6.07, 6.45) is 3.21. The van der Waals surface area contributed by atoms with Crippen LogP contribution in [0.5, 0.6) is 5.75 Å². The van der Waals surface area contributed by atoms with Gasteiger partial charge in [0.2, 0.25) is 10.0 Å². The van der Waals surface area contributed by atoms with Crippen LogP contribution < -0.4 is 14.4 Å². The van der Waals surface area contributed by atoms with Crippen molar-refractivity contribution in [3.63, 3.8) is 0 Å². The van der Waals surface area contributed by atoms with Crippen molar-refractivity contribution in [3.05, 3.63) is 48.3 Å². The van der Waals surface area contributed by atoms with Gasteiger partial charge in [0.05, 0.1) is 10.6 Å². The minimum atomic E-state index is -3.70. The molecule has 0 aliphatic carbocycles. The number of carbonyl (C=O) groups is 1. The molecule has 0 saturated carbocycles. The van der Waals surface area contributed by atoms with E-state index in [2.05, 4.69) is 9.71 Å². The van der Waals surface area contributed by atoms with Crippen molar-refractivity contribution in [2.75, 3.05) is 18.6 Å². The Morgan fingerprint density at radius 2 is 2.17 bits per heavy atom. The van der Waals surface area contributed by atoms with Crippen LogP contribution in [0.3, 0.4) is 0 Å². The fraction of sp³-hybridized carbons (Fsp3) is 0.200. The van der Waals surface area contributed by atoms with E-state index in [1.807, 2.05) is 0 Å². The molecule has 0 bridgehead atoms. The second kappa shape index (κ2) is 5.98. The summed E-state index contributed by atoms with van der Waals surface area (Å²) in [5.41, 5.74) is 1.19. The first-order valence-corrected chi connectivity index (χ1v) is 8.38. The van der Waals surface area contributed by atoms with Crippen LogP contribution in [0.1, 0.15) is 5.56 Å². The Bertz CT molecular complexity index is 837. The molecular weight excluding hydrogens is 318 g/mol. The third-order valence-corrected chi connectivity index (χ3v) is 4.92. The van der Waals surface area contributed by atoms with Gasteiger partial charge in [-0.2, -0.15) is 0 Å². The van der Waals surface area contributed by atoms with Crippen molar-refractivity contribution in [1.29, 1.82) is 0 Å². The monoisotopic (exact) mass is 333 g/mol. The maximum Gasteiger partial charge on any atom is 0.264 e. The number of sulfonamides is 1. The van der Waals surface area contributed by atoms with E-state index >= 15 is 0 Å². The van der Waals surface area contributed by atoms with Gasteiger partial charge in [-0.1, -0.05) is 6.07 Å². The van der Waals surface area contributed by atoms with Gasteiger partial charge < -0.3 is 9.64 Å². The lowest BCUT2D eigenvalue weighted by molar-refractivity contribution is -0.120. The van der Waals surface area contributed by atoms with Gasteiger partial charge in [0, 0.05) is 26.0 Å². The molecule has 1 aromatic heterocycles. The molecular formula is C15H15N3O4S. The molecule has 120 valence electrons. The highest BCUT2D eigenvalue weighted by Crippen LogP contribution is 2.33. The van der Waals surface area contributed by atoms with E-state index in [4.69, 9.17) is 4.74 Å². The molecule has 0 saturated heterocycles. The predicted molar refractivity (Wildman–Crippen MR) is 83.6 cm³/mol. The van der Waals surface area contributed by atoms with Crippen LogP contribution >= 0.6 is 0 Å². The largest absolute Gasteiger partial charge is 0.482 e. The molecule has 0 spiro atoms. The van der Waals surface area contributed by atoms with Gasteiger partial charge in [-0.25, -0.2) is 13.1 Å². The van der Waals surface area contributed by atoms with E-state index in [0.29, 0.717) is 11.4 Å². The standard InChI is InChI=1S/C15H15N3O4S/c1-18-13-7-12(4-5-14(13)22-10-15(18)19)23(20,21)17-9-11-3-2-6-16-8-11/h2-8,17H,9-10H2,1H3. The number of rotatable bonds is 4. The van der Waals surface area contributed by atoms with Crippen LogP contribution in [0, 0.1) is 0 Å². The minimum absolute atomic E-state index is 0.0468. The molecule has 8 heteroatoms. The topological polar surface area (TPSA) is 88.6 Å². The number of nitrogens with zero attached hydrogens (tertiary/aromatic N) is 2. The predicted octanol–water partition coefficient (Wildman–Crippen LogP) is 0.915. The lowest BCUT2D eigenvalue weighted by atomic mass is 10.2. The molecule has 1 aromatic carbocycles. The summed E-state index contributed by atoms with van der Waals surface area (Å²) in [7, 11) is -2.12. The average molecular weight is 333 g/mol. The number of amides is 1. The van der Waals surface area contributed by atoms with Crippen molar-refractivity contribution >= 4 is 21.6 Å². The normalized spacial score (nSPS) is 14.3. The fourth-order valence-electron chi connectivity index (χ4n) is 2.18. The number of likely N-dealkylation sites (N-methyl/N-ethyl adjacent to an activating group) is 1. The molecule has 0 fully saturated rings. The summed E-state index contributed by atoms with van der Waals surface area (Å²) in [6.45, 7) is 0.0907. The Labute approximate surface area is 134 Å². The number of fused-ring (bicyclic) bond motifs is 1.